The van der Waals surface area contributed by atoms with Crippen LogP contribution in [0.4, 0.5) is 17.1 Å². The molecular formula is C33H39N3O2. The van der Waals surface area contributed by atoms with Crippen molar-refractivity contribution in [3.05, 3.63) is 88.7 Å². The Morgan fingerprint density at radius 2 is 1.71 bits per heavy atom. The molecule has 5 rings (SSSR count). The Balaban J connectivity index is 1.62. The largest absolute Gasteiger partial charge is 0.372 e. The Labute approximate surface area is 226 Å². The zero-order valence-electron chi connectivity index (χ0n) is 23.1. The van der Waals surface area contributed by atoms with E-state index in [1.165, 1.54) is 11.1 Å². The number of ketones is 1. The van der Waals surface area contributed by atoms with Crippen LogP contribution in [0.5, 0.6) is 0 Å². The summed E-state index contributed by atoms with van der Waals surface area (Å²) in [6.45, 7) is 9.95. The average Bonchev–Trinajstić information content (AvgIpc) is 3.09. The quantitative estimate of drug-likeness (QED) is 0.443. The van der Waals surface area contributed by atoms with Gasteiger partial charge in [0.15, 0.2) is 5.78 Å². The smallest absolute Gasteiger partial charge is 0.224 e. The molecular weight excluding hydrogens is 470 g/mol. The molecule has 0 fully saturated rings. The van der Waals surface area contributed by atoms with E-state index in [0.29, 0.717) is 6.42 Å². The highest BCUT2D eigenvalue weighted by Crippen LogP contribution is 2.47. The van der Waals surface area contributed by atoms with Gasteiger partial charge in [-0.2, -0.15) is 0 Å². The molecule has 1 heterocycles. The third kappa shape index (κ3) is 4.82. The molecule has 0 saturated heterocycles. The van der Waals surface area contributed by atoms with Crippen molar-refractivity contribution in [2.75, 3.05) is 28.2 Å². The Bertz CT molecular complexity index is 1310. The third-order valence-electron chi connectivity index (χ3n) is 8.41. The van der Waals surface area contributed by atoms with Gasteiger partial charge in [-0.15, -0.1) is 0 Å². The van der Waals surface area contributed by atoms with Crippen LogP contribution in [0, 0.1) is 5.92 Å². The fraction of sp³-hybridized carbons (Fsp3) is 0.394. The van der Waals surface area contributed by atoms with Gasteiger partial charge in [0.05, 0.1) is 17.4 Å². The van der Waals surface area contributed by atoms with Gasteiger partial charge in [0.25, 0.3) is 0 Å². The molecule has 1 aliphatic heterocycles. The van der Waals surface area contributed by atoms with Crippen molar-refractivity contribution in [1.29, 1.82) is 0 Å². The van der Waals surface area contributed by atoms with Crippen molar-refractivity contribution in [1.82, 2.24) is 0 Å². The maximum Gasteiger partial charge on any atom is 0.224 e. The maximum absolute atomic E-state index is 14.0. The topological polar surface area (TPSA) is 52.7 Å². The molecule has 2 unspecified atom stereocenters. The van der Waals surface area contributed by atoms with Gasteiger partial charge in [0.1, 0.15) is 0 Å². The van der Waals surface area contributed by atoms with Crippen molar-refractivity contribution < 1.29 is 9.59 Å². The number of fused-ring (bicyclic) bond motifs is 1. The molecule has 5 nitrogen and oxygen atoms in total. The van der Waals surface area contributed by atoms with Gasteiger partial charge < -0.3 is 10.2 Å². The number of hydrogen-bond acceptors (Lipinski definition) is 4. The molecule has 3 aliphatic rings. The van der Waals surface area contributed by atoms with E-state index < -0.39 is 6.04 Å². The van der Waals surface area contributed by atoms with Crippen LogP contribution in [0.2, 0.25) is 0 Å². The van der Waals surface area contributed by atoms with E-state index in [9.17, 15) is 9.59 Å². The summed E-state index contributed by atoms with van der Waals surface area (Å²) in [6.07, 6.45) is 8.94. The number of hydrogen-bond donors (Lipinski definition) is 1. The number of Topliss-reactive ketones (excluding diaryl/α,β-unsaturated/α-hetero) is 1. The molecule has 0 aromatic heterocycles. The minimum atomic E-state index is -0.468. The molecule has 2 atom stereocenters. The molecule has 0 radical (unpaired) electrons. The molecule has 2 aliphatic carbocycles. The number of benzene rings is 2. The number of nitrogens with zero attached hydrogens (tertiary/aromatic N) is 2. The second-order valence-corrected chi connectivity index (χ2v) is 10.5. The van der Waals surface area contributed by atoms with Crippen molar-refractivity contribution >= 4 is 28.8 Å². The normalized spacial score (nSPS) is 21.1. The molecule has 0 saturated carbocycles. The first-order valence-electron chi connectivity index (χ1n) is 14.1. The van der Waals surface area contributed by atoms with Gasteiger partial charge in [-0.25, -0.2) is 0 Å². The second-order valence-electron chi connectivity index (χ2n) is 10.5. The van der Waals surface area contributed by atoms with Gasteiger partial charge in [-0.3, -0.25) is 14.5 Å². The fourth-order valence-corrected chi connectivity index (χ4v) is 6.30. The highest BCUT2D eigenvalue weighted by atomic mass is 16.2. The monoisotopic (exact) mass is 509 g/mol. The minimum Gasteiger partial charge on any atom is -0.372 e. The Kier molecular flexibility index (Phi) is 7.55. The molecule has 5 heteroatoms. The lowest BCUT2D eigenvalue weighted by Gasteiger charge is -2.35. The second kappa shape index (κ2) is 11.0. The molecule has 2 aromatic rings. The summed E-state index contributed by atoms with van der Waals surface area (Å²) in [5, 5.41) is 3.63. The number of carbonyl (C=O) groups excluding carboxylic acids is 2. The molecule has 1 N–H and O–H groups in total. The van der Waals surface area contributed by atoms with Crippen LogP contribution in [-0.2, 0) is 9.59 Å². The first-order chi connectivity index (χ1) is 18.4. The van der Waals surface area contributed by atoms with Crippen LogP contribution in [0.25, 0.3) is 0 Å². The summed E-state index contributed by atoms with van der Waals surface area (Å²) in [6, 6.07) is 15.9. The molecule has 0 spiro atoms. The Morgan fingerprint density at radius 1 is 0.974 bits per heavy atom. The first kappa shape index (κ1) is 26.0. The standard InChI is InChI=1S/C33H39N3O2/c1-5-23-12-14-24(15-13-23)26-20-29-32(31(38)21-26)33(25-16-18-27(19-17-25)35(6-2)7-3)36(22(4)37)30-11-9-8-10-28(30)34-29/h8-12,14,16-19,26,33-34H,5-7,13,15,20-21H2,1-4H3. The van der Waals surface area contributed by atoms with E-state index in [1.54, 1.807) is 6.92 Å². The van der Waals surface area contributed by atoms with Crippen molar-refractivity contribution in [2.45, 2.75) is 65.8 Å². The van der Waals surface area contributed by atoms with E-state index in [1.807, 2.05) is 29.2 Å². The fourth-order valence-electron chi connectivity index (χ4n) is 6.30. The molecule has 1 amide bonds. The van der Waals surface area contributed by atoms with E-state index >= 15 is 0 Å². The van der Waals surface area contributed by atoms with E-state index in [-0.39, 0.29) is 17.6 Å². The predicted molar refractivity (Wildman–Crippen MR) is 156 cm³/mol. The molecule has 2 aromatic carbocycles. The van der Waals surface area contributed by atoms with E-state index in [0.717, 1.165) is 72.7 Å². The van der Waals surface area contributed by atoms with Crippen LogP contribution in [0.15, 0.2) is 83.1 Å². The summed E-state index contributed by atoms with van der Waals surface area (Å²) in [5.41, 5.74) is 8.30. The lowest BCUT2D eigenvalue weighted by molar-refractivity contribution is -0.117. The number of rotatable bonds is 6. The van der Waals surface area contributed by atoms with Crippen LogP contribution >= 0.6 is 0 Å². The van der Waals surface area contributed by atoms with Gasteiger partial charge in [-0.1, -0.05) is 54.5 Å². The molecule has 38 heavy (non-hydrogen) atoms. The van der Waals surface area contributed by atoms with Crippen molar-refractivity contribution in [3.63, 3.8) is 0 Å². The predicted octanol–water partition coefficient (Wildman–Crippen LogP) is 7.34. The Hall–Kier alpha value is -3.60. The zero-order valence-corrected chi connectivity index (χ0v) is 23.1. The lowest BCUT2D eigenvalue weighted by atomic mass is 9.75. The molecule has 0 bridgehead atoms. The van der Waals surface area contributed by atoms with Gasteiger partial charge in [0.2, 0.25) is 5.91 Å². The van der Waals surface area contributed by atoms with Crippen LogP contribution in [0.1, 0.15) is 71.4 Å². The highest BCUT2D eigenvalue weighted by Gasteiger charge is 2.41. The third-order valence-corrected chi connectivity index (χ3v) is 8.41. The number of carbonyl (C=O) groups is 2. The Morgan fingerprint density at radius 3 is 2.34 bits per heavy atom. The van der Waals surface area contributed by atoms with E-state index in [4.69, 9.17) is 0 Å². The number of para-hydroxylation sites is 2. The highest BCUT2D eigenvalue weighted by molar-refractivity contribution is 6.05. The summed E-state index contributed by atoms with van der Waals surface area (Å²) in [7, 11) is 0. The SMILES string of the molecule is CCC1=CC=C(C2CC(=O)C3=C(C2)Nc2ccccc2N(C(C)=O)C3c2ccc(N(CC)CC)cc2)CC1. The number of amides is 1. The zero-order chi connectivity index (χ0) is 26.8. The van der Waals surface area contributed by atoms with Gasteiger partial charge in [-0.05, 0) is 75.3 Å². The first-order valence-corrected chi connectivity index (χ1v) is 14.1. The number of anilines is 3. The summed E-state index contributed by atoms with van der Waals surface area (Å²) < 4.78 is 0. The van der Waals surface area contributed by atoms with Gasteiger partial charge >= 0.3 is 0 Å². The average molecular weight is 510 g/mol. The van der Waals surface area contributed by atoms with E-state index in [2.05, 4.69) is 67.4 Å². The number of nitrogens with one attached hydrogen (secondary N) is 1. The van der Waals surface area contributed by atoms with Crippen molar-refractivity contribution in [2.24, 2.45) is 5.92 Å². The number of allylic oxidation sites excluding steroid dienone is 5. The molecule has 198 valence electrons. The minimum absolute atomic E-state index is 0.0760. The van der Waals surface area contributed by atoms with Crippen molar-refractivity contribution in [3.8, 4) is 0 Å². The summed E-state index contributed by atoms with van der Waals surface area (Å²) in [4.78, 5) is 31.4. The lowest BCUT2D eigenvalue weighted by Crippen LogP contribution is -2.37. The van der Waals surface area contributed by atoms with Crippen LogP contribution in [-0.4, -0.2) is 24.8 Å². The maximum atomic E-state index is 14.0. The van der Waals surface area contributed by atoms with Crippen LogP contribution in [0.3, 0.4) is 0 Å². The summed E-state index contributed by atoms with van der Waals surface area (Å²) in [5.74, 6) is 0.241. The van der Waals surface area contributed by atoms with Gasteiger partial charge in [0, 0.05) is 43.4 Å². The summed E-state index contributed by atoms with van der Waals surface area (Å²) >= 11 is 0. The van der Waals surface area contributed by atoms with Crippen LogP contribution < -0.4 is 15.1 Å².